The number of methoxy groups -OCH3 is 2. The molecule has 1 amide bonds. The van der Waals surface area contributed by atoms with Crippen molar-refractivity contribution < 1.29 is 22.7 Å². The molecule has 0 radical (unpaired) electrons. The molecule has 1 aromatic heterocycles. The van der Waals surface area contributed by atoms with E-state index in [1.54, 1.807) is 42.7 Å². The fourth-order valence-corrected chi connectivity index (χ4v) is 3.21. The van der Waals surface area contributed by atoms with Gasteiger partial charge in [-0.2, -0.15) is 4.31 Å². The normalized spacial score (nSPS) is 11.3. The molecule has 0 atom stereocenters. The summed E-state index contributed by atoms with van der Waals surface area (Å²) in [5.41, 5.74) is 1.21. The summed E-state index contributed by atoms with van der Waals surface area (Å²) in [6, 6.07) is 8.55. The van der Waals surface area contributed by atoms with E-state index >= 15 is 0 Å². The van der Waals surface area contributed by atoms with Gasteiger partial charge >= 0.3 is 0 Å². The molecule has 0 aliphatic heterocycles. The monoisotopic (exact) mass is 393 g/mol. The van der Waals surface area contributed by atoms with Crippen molar-refractivity contribution in [1.82, 2.24) is 9.29 Å². The summed E-state index contributed by atoms with van der Waals surface area (Å²) in [5, 5.41) is 2.73. The van der Waals surface area contributed by atoms with Gasteiger partial charge in [-0.3, -0.25) is 9.78 Å². The first-order valence-electron chi connectivity index (χ1n) is 8.19. The van der Waals surface area contributed by atoms with E-state index in [0.29, 0.717) is 17.2 Å². The van der Waals surface area contributed by atoms with Gasteiger partial charge in [0, 0.05) is 38.0 Å². The average molecular weight is 393 g/mol. The Balaban J connectivity index is 2.03. The summed E-state index contributed by atoms with van der Waals surface area (Å²) in [7, 11) is -0.454. The number of anilines is 1. The van der Waals surface area contributed by atoms with Crippen molar-refractivity contribution in [2.45, 2.75) is 13.0 Å². The molecule has 0 aliphatic rings. The van der Waals surface area contributed by atoms with Crippen LogP contribution in [-0.4, -0.2) is 50.6 Å². The van der Waals surface area contributed by atoms with Crippen molar-refractivity contribution in [3.63, 3.8) is 0 Å². The van der Waals surface area contributed by atoms with E-state index in [0.717, 1.165) is 11.8 Å². The number of hydrogen-bond donors (Lipinski definition) is 1. The summed E-state index contributed by atoms with van der Waals surface area (Å²) >= 11 is 0. The number of pyridine rings is 1. The number of nitrogens with one attached hydrogen (secondary N) is 1. The Bertz CT molecular complexity index is 872. The number of ether oxygens (including phenoxy) is 2. The minimum atomic E-state index is -3.47. The molecule has 1 aromatic carbocycles. The fraction of sp³-hybridized carbons (Fsp3) is 0.333. The summed E-state index contributed by atoms with van der Waals surface area (Å²) in [6.07, 6.45) is 4.32. The molecule has 0 aliphatic carbocycles. The highest BCUT2D eigenvalue weighted by Gasteiger charge is 2.19. The highest BCUT2D eigenvalue weighted by molar-refractivity contribution is 7.88. The van der Waals surface area contributed by atoms with Crippen molar-refractivity contribution in [3.05, 3.63) is 48.3 Å². The number of aromatic nitrogens is 1. The molecule has 2 rings (SSSR count). The van der Waals surface area contributed by atoms with E-state index in [1.807, 2.05) is 0 Å². The zero-order valence-electron chi connectivity index (χ0n) is 15.5. The number of benzene rings is 1. The van der Waals surface area contributed by atoms with Crippen LogP contribution in [0.5, 0.6) is 11.5 Å². The van der Waals surface area contributed by atoms with Crippen LogP contribution in [0.15, 0.2) is 42.7 Å². The number of hydrogen-bond acceptors (Lipinski definition) is 6. The average Bonchev–Trinajstić information content (AvgIpc) is 2.65. The van der Waals surface area contributed by atoms with Crippen molar-refractivity contribution in [2.24, 2.45) is 0 Å². The van der Waals surface area contributed by atoms with Gasteiger partial charge in [0.2, 0.25) is 15.9 Å². The molecule has 9 heteroatoms. The first kappa shape index (κ1) is 20.7. The Labute approximate surface area is 159 Å². The van der Waals surface area contributed by atoms with Crippen LogP contribution >= 0.6 is 0 Å². The molecule has 0 unspecified atom stereocenters. The van der Waals surface area contributed by atoms with Crippen LogP contribution in [0.3, 0.4) is 0 Å². The van der Waals surface area contributed by atoms with Gasteiger partial charge in [-0.15, -0.1) is 0 Å². The molecule has 146 valence electrons. The summed E-state index contributed by atoms with van der Waals surface area (Å²) in [4.78, 5) is 16.3. The van der Waals surface area contributed by atoms with E-state index in [-0.39, 0.29) is 25.4 Å². The minimum absolute atomic E-state index is 0.00625. The number of amides is 1. The smallest absolute Gasteiger partial charge is 0.225 e. The van der Waals surface area contributed by atoms with Crippen LogP contribution in [0.4, 0.5) is 5.69 Å². The van der Waals surface area contributed by atoms with Crippen LogP contribution < -0.4 is 14.8 Å². The number of nitrogens with zero attached hydrogens (tertiary/aromatic N) is 2. The molecule has 27 heavy (non-hydrogen) atoms. The van der Waals surface area contributed by atoms with Crippen molar-refractivity contribution in [2.75, 3.05) is 32.3 Å². The largest absolute Gasteiger partial charge is 0.497 e. The van der Waals surface area contributed by atoms with Crippen LogP contribution in [0.25, 0.3) is 0 Å². The van der Waals surface area contributed by atoms with Crippen LogP contribution in [-0.2, 0) is 21.4 Å². The predicted molar refractivity (Wildman–Crippen MR) is 102 cm³/mol. The van der Waals surface area contributed by atoms with Crippen LogP contribution in [0.1, 0.15) is 12.0 Å². The highest BCUT2D eigenvalue weighted by atomic mass is 32.2. The number of carbonyl (C=O) groups excluding carboxylic acids is 1. The van der Waals surface area contributed by atoms with Gasteiger partial charge in [-0.25, -0.2) is 8.42 Å². The summed E-state index contributed by atoms with van der Waals surface area (Å²) in [5.74, 6) is 0.723. The number of rotatable bonds is 9. The second-order valence-electron chi connectivity index (χ2n) is 5.82. The zero-order valence-corrected chi connectivity index (χ0v) is 16.3. The van der Waals surface area contributed by atoms with Gasteiger partial charge in [0.05, 0.1) is 26.2 Å². The first-order chi connectivity index (χ1) is 12.8. The lowest BCUT2D eigenvalue weighted by molar-refractivity contribution is -0.116. The summed E-state index contributed by atoms with van der Waals surface area (Å²) < 4.78 is 35.7. The molecule has 0 spiro atoms. The summed E-state index contributed by atoms with van der Waals surface area (Å²) in [6.45, 7) is 0.203. The van der Waals surface area contributed by atoms with Crippen LogP contribution in [0, 0.1) is 0 Å². The molecule has 0 saturated carbocycles. The molecule has 0 fully saturated rings. The van der Waals surface area contributed by atoms with E-state index in [4.69, 9.17) is 9.47 Å². The Hall–Kier alpha value is -2.65. The molecule has 0 bridgehead atoms. The SMILES string of the molecule is COc1ccc(OC)c(NC(=O)CCN(Cc2cccnc2)S(C)(=O)=O)c1. The number of sulfonamides is 1. The van der Waals surface area contributed by atoms with E-state index in [9.17, 15) is 13.2 Å². The Morgan fingerprint density at radius 1 is 1.22 bits per heavy atom. The standard InChI is InChI=1S/C18H23N3O5S/c1-25-15-6-7-17(26-2)16(11-15)20-18(22)8-10-21(27(3,23)24)13-14-5-4-9-19-12-14/h4-7,9,11-12H,8,10,13H2,1-3H3,(H,20,22). The third kappa shape index (κ3) is 6.22. The Kier molecular flexibility index (Phi) is 7.14. The van der Waals surface area contributed by atoms with Gasteiger partial charge in [0.25, 0.3) is 0 Å². The first-order valence-corrected chi connectivity index (χ1v) is 10.0. The van der Waals surface area contributed by atoms with Gasteiger partial charge < -0.3 is 14.8 Å². The molecule has 8 nitrogen and oxygen atoms in total. The van der Waals surface area contributed by atoms with Crippen LogP contribution in [0.2, 0.25) is 0 Å². The maximum atomic E-state index is 12.3. The van der Waals surface area contributed by atoms with Gasteiger partial charge in [-0.05, 0) is 23.8 Å². The molecule has 2 aromatic rings. The zero-order chi connectivity index (χ0) is 19.9. The lowest BCUT2D eigenvalue weighted by atomic mass is 10.2. The third-order valence-corrected chi connectivity index (χ3v) is 5.07. The molecule has 1 heterocycles. The molecule has 1 N–H and O–H groups in total. The Morgan fingerprint density at radius 2 is 2.00 bits per heavy atom. The predicted octanol–water partition coefficient (Wildman–Crippen LogP) is 1.89. The second kappa shape index (κ2) is 9.33. The Morgan fingerprint density at radius 3 is 2.59 bits per heavy atom. The second-order valence-corrected chi connectivity index (χ2v) is 7.80. The van der Waals surface area contributed by atoms with Crippen molar-refractivity contribution in [1.29, 1.82) is 0 Å². The maximum absolute atomic E-state index is 12.3. The molecule has 0 saturated heterocycles. The fourth-order valence-electron chi connectivity index (χ4n) is 2.41. The minimum Gasteiger partial charge on any atom is -0.497 e. The van der Waals surface area contributed by atoms with Gasteiger partial charge in [0.1, 0.15) is 11.5 Å². The molecular formula is C18H23N3O5S. The van der Waals surface area contributed by atoms with E-state index in [1.165, 1.54) is 18.5 Å². The van der Waals surface area contributed by atoms with E-state index < -0.39 is 10.0 Å². The topological polar surface area (TPSA) is 97.8 Å². The van der Waals surface area contributed by atoms with Crippen molar-refractivity contribution in [3.8, 4) is 11.5 Å². The van der Waals surface area contributed by atoms with Gasteiger partial charge in [0.15, 0.2) is 0 Å². The van der Waals surface area contributed by atoms with Gasteiger partial charge in [-0.1, -0.05) is 6.07 Å². The van der Waals surface area contributed by atoms with E-state index in [2.05, 4.69) is 10.3 Å². The van der Waals surface area contributed by atoms with Crippen molar-refractivity contribution >= 4 is 21.6 Å². The lowest BCUT2D eigenvalue weighted by Crippen LogP contribution is -2.32. The highest BCUT2D eigenvalue weighted by Crippen LogP contribution is 2.29. The maximum Gasteiger partial charge on any atom is 0.225 e. The number of carbonyl (C=O) groups is 1. The quantitative estimate of drug-likeness (QED) is 0.699. The lowest BCUT2D eigenvalue weighted by Gasteiger charge is -2.20. The third-order valence-electron chi connectivity index (χ3n) is 3.82. The molecular weight excluding hydrogens is 370 g/mol.